The highest BCUT2D eigenvalue weighted by Gasteiger charge is 2.14. The summed E-state index contributed by atoms with van der Waals surface area (Å²) in [6.07, 6.45) is 1.46. The Kier molecular flexibility index (Phi) is 4.62. The van der Waals surface area contributed by atoms with Crippen LogP contribution < -0.4 is 5.32 Å². The Morgan fingerprint density at radius 2 is 2.10 bits per heavy atom. The van der Waals surface area contributed by atoms with Gasteiger partial charge in [-0.15, -0.1) is 0 Å². The van der Waals surface area contributed by atoms with Crippen LogP contribution in [0.4, 0.5) is 5.69 Å². The summed E-state index contributed by atoms with van der Waals surface area (Å²) in [5.74, 6) is 0.149. The number of carbonyl (C=O) groups is 1. The lowest BCUT2D eigenvalue weighted by molar-refractivity contribution is -0.113. The van der Waals surface area contributed by atoms with Gasteiger partial charge < -0.3 is 9.73 Å². The van der Waals surface area contributed by atoms with Gasteiger partial charge in [-0.25, -0.2) is 0 Å². The van der Waals surface area contributed by atoms with Crippen LogP contribution in [0.25, 0.3) is 0 Å². The van der Waals surface area contributed by atoms with Crippen LogP contribution in [0.2, 0.25) is 5.02 Å². The Balaban J connectivity index is 2.03. The molecule has 2 aromatic rings. The lowest BCUT2D eigenvalue weighted by Gasteiger charge is -2.08. The predicted octanol–water partition coefficient (Wildman–Crippen LogP) is 3.30. The van der Waals surface area contributed by atoms with E-state index in [4.69, 9.17) is 16.0 Å². The van der Waals surface area contributed by atoms with Crippen LogP contribution in [0, 0.1) is 13.8 Å². The number of hydrogen-bond acceptors (Lipinski definition) is 3. The molecule has 1 aromatic carbocycles. The van der Waals surface area contributed by atoms with Gasteiger partial charge in [0.1, 0.15) is 11.5 Å². The van der Waals surface area contributed by atoms with Crippen LogP contribution >= 0.6 is 11.6 Å². The van der Waals surface area contributed by atoms with Crippen molar-refractivity contribution in [3.05, 3.63) is 46.9 Å². The molecule has 2 rings (SSSR count). The third-order valence-electron chi connectivity index (χ3n) is 2.78. The molecule has 1 N–H and O–H groups in total. The van der Waals surface area contributed by atoms with E-state index in [0.29, 0.717) is 21.4 Å². The minimum Gasteiger partial charge on any atom is -0.468 e. The topological polar surface area (TPSA) is 59.3 Å². The quantitative estimate of drug-likeness (QED) is 0.942. The SMILES string of the molecule is Cc1cc(Cl)ccc1NC(=O)C[S@](=O)c1ccoc1C. The zero-order valence-corrected chi connectivity index (χ0v) is 12.7. The first kappa shape index (κ1) is 14.8. The van der Waals surface area contributed by atoms with Crippen molar-refractivity contribution in [2.45, 2.75) is 18.7 Å². The van der Waals surface area contributed by atoms with Gasteiger partial charge in [0.25, 0.3) is 0 Å². The van der Waals surface area contributed by atoms with Crippen molar-refractivity contribution in [2.24, 2.45) is 0 Å². The minimum absolute atomic E-state index is 0.109. The largest absolute Gasteiger partial charge is 0.468 e. The molecule has 0 unspecified atom stereocenters. The lowest BCUT2D eigenvalue weighted by Crippen LogP contribution is -2.20. The molecule has 1 aromatic heterocycles. The average Bonchev–Trinajstić information content (AvgIpc) is 2.79. The van der Waals surface area contributed by atoms with E-state index >= 15 is 0 Å². The molecule has 6 heteroatoms. The Bertz CT molecular complexity index is 666. The summed E-state index contributed by atoms with van der Waals surface area (Å²) in [5.41, 5.74) is 1.52. The number of halogens is 1. The molecule has 0 radical (unpaired) electrons. The minimum atomic E-state index is -1.41. The molecule has 0 saturated carbocycles. The van der Waals surface area contributed by atoms with Crippen molar-refractivity contribution in [1.82, 2.24) is 0 Å². The summed E-state index contributed by atoms with van der Waals surface area (Å²) in [6, 6.07) is 6.80. The van der Waals surface area contributed by atoms with Gasteiger partial charge in [-0.1, -0.05) is 11.6 Å². The maximum Gasteiger partial charge on any atom is 0.237 e. The van der Waals surface area contributed by atoms with Crippen LogP contribution in [-0.4, -0.2) is 15.9 Å². The molecule has 0 bridgehead atoms. The number of hydrogen-bond donors (Lipinski definition) is 1. The van der Waals surface area contributed by atoms with E-state index in [1.165, 1.54) is 6.26 Å². The molecule has 1 amide bonds. The normalized spacial score (nSPS) is 12.2. The molecule has 0 aliphatic rings. The molecule has 1 heterocycles. The number of rotatable bonds is 4. The number of furan rings is 1. The van der Waals surface area contributed by atoms with E-state index in [0.717, 1.165) is 5.56 Å². The number of nitrogens with one attached hydrogen (secondary N) is 1. The molecule has 20 heavy (non-hydrogen) atoms. The van der Waals surface area contributed by atoms with Gasteiger partial charge in [0.05, 0.1) is 22.0 Å². The molecule has 0 saturated heterocycles. The van der Waals surface area contributed by atoms with Gasteiger partial charge in [-0.3, -0.25) is 9.00 Å². The average molecular weight is 312 g/mol. The maximum atomic E-state index is 12.0. The maximum absolute atomic E-state index is 12.0. The van der Waals surface area contributed by atoms with Crippen molar-refractivity contribution < 1.29 is 13.4 Å². The highest BCUT2D eigenvalue weighted by molar-refractivity contribution is 7.85. The van der Waals surface area contributed by atoms with E-state index in [1.54, 1.807) is 31.2 Å². The first-order valence-electron chi connectivity index (χ1n) is 5.96. The predicted molar refractivity (Wildman–Crippen MR) is 79.5 cm³/mol. The van der Waals surface area contributed by atoms with Gasteiger partial charge in [-0.2, -0.15) is 0 Å². The Morgan fingerprint density at radius 1 is 1.35 bits per heavy atom. The highest BCUT2D eigenvalue weighted by atomic mass is 35.5. The van der Waals surface area contributed by atoms with E-state index in [9.17, 15) is 9.00 Å². The zero-order chi connectivity index (χ0) is 14.7. The molecule has 0 aliphatic carbocycles. The number of amides is 1. The van der Waals surface area contributed by atoms with Crippen LogP contribution in [0.1, 0.15) is 11.3 Å². The third kappa shape index (κ3) is 3.49. The van der Waals surface area contributed by atoms with Gasteiger partial charge >= 0.3 is 0 Å². The second-order valence-electron chi connectivity index (χ2n) is 4.34. The smallest absolute Gasteiger partial charge is 0.237 e. The fourth-order valence-electron chi connectivity index (χ4n) is 1.76. The molecule has 4 nitrogen and oxygen atoms in total. The Labute approximate surface area is 124 Å². The Hall–Kier alpha value is -1.59. The summed E-state index contributed by atoms with van der Waals surface area (Å²) in [4.78, 5) is 12.4. The van der Waals surface area contributed by atoms with Crippen LogP contribution in [0.3, 0.4) is 0 Å². The molecule has 106 valence electrons. The van der Waals surface area contributed by atoms with Crippen molar-refractivity contribution in [2.75, 3.05) is 11.1 Å². The molecule has 0 aliphatic heterocycles. The third-order valence-corrected chi connectivity index (χ3v) is 4.45. The summed E-state index contributed by atoms with van der Waals surface area (Å²) in [7, 11) is -1.41. The summed E-state index contributed by atoms with van der Waals surface area (Å²) in [5, 5.41) is 3.34. The van der Waals surface area contributed by atoms with Crippen LogP contribution in [-0.2, 0) is 15.6 Å². The fourth-order valence-corrected chi connectivity index (χ4v) is 3.03. The summed E-state index contributed by atoms with van der Waals surface area (Å²) < 4.78 is 17.1. The highest BCUT2D eigenvalue weighted by Crippen LogP contribution is 2.20. The molecular weight excluding hydrogens is 298 g/mol. The van der Waals surface area contributed by atoms with Crippen LogP contribution in [0.5, 0.6) is 0 Å². The zero-order valence-electron chi connectivity index (χ0n) is 11.1. The summed E-state index contributed by atoms with van der Waals surface area (Å²) in [6.45, 7) is 3.56. The van der Waals surface area contributed by atoms with E-state index in [1.807, 2.05) is 6.92 Å². The van der Waals surface area contributed by atoms with Crippen LogP contribution in [0.15, 0.2) is 39.8 Å². The van der Waals surface area contributed by atoms with Crippen molar-refractivity contribution in [3.63, 3.8) is 0 Å². The first-order chi connectivity index (χ1) is 9.47. The van der Waals surface area contributed by atoms with Crippen molar-refractivity contribution >= 4 is 34.0 Å². The second kappa shape index (κ2) is 6.24. The summed E-state index contributed by atoms with van der Waals surface area (Å²) >= 11 is 5.85. The van der Waals surface area contributed by atoms with Crippen molar-refractivity contribution in [1.29, 1.82) is 0 Å². The second-order valence-corrected chi connectivity index (χ2v) is 6.19. The van der Waals surface area contributed by atoms with Gasteiger partial charge in [0, 0.05) is 10.7 Å². The van der Waals surface area contributed by atoms with Gasteiger partial charge in [0.15, 0.2) is 0 Å². The number of anilines is 1. The number of aryl methyl sites for hydroxylation is 2. The standard InChI is InChI=1S/C14H14ClNO3S/c1-9-7-11(15)3-4-12(9)16-14(17)8-20(18)13-5-6-19-10(13)2/h3-7H,8H2,1-2H3,(H,16,17)/t20-/m0/s1. The van der Waals surface area contributed by atoms with E-state index in [-0.39, 0.29) is 11.7 Å². The number of carbonyl (C=O) groups excluding carboxylic acids is 1. The first-order valence-corrected chi connectivity index (χ1v) is 7.65. The molecule has 1 atom stereocenters. The van der Waals surface area contributed by atoms with E-state index in [2.05, 4.69) is 5.32 Å². The van der Waals surface area contributed by atoms with Gasteiger partial charge in [0.2, 0.25) is 5.91 Å². The monoisotopic (exact) mass is 311 g/mol. The lowest BCUT2D eigenvalue weighted by atomic mass is 10.2. The Morgan fingerprint density at radius 3 is 2.70 bits per heavy atom. The van der Waals surface area contributed by atoms with E-state index < -0.39 is 10.8 Å². The van der Waals surface area contributed by atoms with Gasteiger partial charge in [-0.05, 0) is 43.7 Å². The molecule has 0 spiro atoms. The fraction of sp³-hybridized carbons (Fsp3) is 0.214. The van der Waals surface area contributed by atoms with Crippen molar-refractivity contribution in [3.8, 4) is 0 Å². The number of benzene rings is 1. The molecule has 0 fully saturated rings. The molecular formula is C14H14ClNO3S.